The average Bonchev–Trinajstić information content (AvgIpc) is 3.27. The van der Waals surface area contributed by atoms with Crippen LogP contribution in [0.4, 0.5) is 16.6 Å². The van der Waals surface area contributed by atoms with E-state index in [1.54, 1.807) is 12.1 Å². The molecule has 0 aliphatic carbocycles. The van der Waals surface area contributed by atoms with Crippen LogP contribution in [0.25, 0.3) is 0 Å². The van der Waals surface area contributed by atoms with E-state index >= 15 is 0 Å². The van der Waals surface area contributed by atoms with Crippen LogP contribution in [0.1, 0.15) is 17.5 Å². The Labute approximate surface area is 202 Å². The van der Waals surface area contributed by atoms with E-state index in [0.717, 1.165) is 48.3 Å². The van der Waals surface area contributed by atoms with E-state index in [9.17, 15) is 8.42 Å². The standard InChI is InChI=1S/C21H25N7O2S3/c1-3-18-24-25-20(32-18)26-33(29,30)17-8-6-16(7-9-17)23-21(31)28-13-11-27(12-14-28)19-15(2)5-4-10-22-19/h4-10H,3,11-14H2,1-2H3,(H,23,31)(H,25,26). The Morgan fingerprint density at radius 1 is 1.12 bits per heavy atom. The number of benzene rings is 1. The van der Waals surface area contributed by atoms with E-state index in [4.69, 9.17) is 12.2 Å². The molecular formula is C21H25N7O2S3. The predicted molar refractivity (Wildman–Crippen MR) is 136 cm³/mol. The van der Waals surface area contributed by atoms with E-state index < -0.39 is 10.0 Å². The van der Waals surface area contributed by atoms with Crippen LogP contribution in [0.5, 0.6) is 0 Å². The zero-order valence-corrected chi connectivity index (χ0v) is 20.8. The maximum Gasteiger partial charge on any atom is 0.263 e. The SMILES string of the molecule is CCc1nnc(NS(=O)(=O)c2ccc(NC(=S)N3CCN(c4ncccc4C)CC3)cc2)s1. The normalized spacial score (nSPS) is 14.2. The minimum absolute atomic E-state index is 0.145. The smallest absolute Gasteiger partial charge is 0.263 e. The van der Waals surface area contributed by atoms with Crippen molar-refractivity contribution in [3.05, 3.63) is 53.2 Å². The predicted octanol–water partition coefficient (Wildman–Crippen LogP) is 3.12. The van der Waals surface area contributed by atoms with Crippen LogP contribution in [0, 0.1) is 6.92 Å². The molecule has 0 spiro atoms. The maximum absolute atomic E-state index is 12.6. The molecule has 9 nitrogen and oxygen atoms in total. The molecule has 2 N–H and O–H groups in total. The van der Waals surface area contributed by atoms with Crippen molar-refractivity contribution in [2.45, 2.75) is 25.2 Å². The van der Waals surface area contributed by atoms with Gasteiger partial charge in [0, 0.05) is 38.1 Å². The summed E-state index contributed by atoms with van der Waals surface area (Å²) in [6, 6.07) is 10.5. The molecule has 4 rings (SSSR count). The molecule has 12 heteroatoms. The highest BCUT2D eigenvalue weighted by Gasteiger charge is 2.21. The van der Waals surface area contributed by atoms with Gasteiger partial charge in [0.1, 0.15) is 10.8 Å². The number of thiocarbonyl (C=S) groups is 1. The maximum atomic E-state index is 12.6. The fourth-order valence-electron chi connectivity index (χ4n) is 3.46. The molecule has 0 unspecified atom stereocenters. The Morgan fingerprint density at radius 2 is 1.85 bits per heavy atom. The summed E-state index contributed by atoms with van der Waals surface area (Å²) in [6.45, 7) is 7.22. The number of pyridine rings is 1. The van der Waals surface area contributed by atoms with E-state index in [2.05, 4.69) is 48.0 Å². The third-order valence-corrected chi connectivity index (χ3v) is 8.08. The van der Waals surface area contributed by atoms with Crippen LogP contribution >= 0.6 is 23.6 Å². The van der Waals surface area contributed by atoms with Gasteiger partial charge >= 0.3 is 0 Å². The molecule has 2 aromatic heterocycles. The number of anilines is 3. The van der Waals surface area contributed by atoms with E-state index in [1.165, 1.54) is 23.5 Å². The Balaban J connectivity index is 1.33. The number of aryl methyl sites for hydroxylation is 2. The summed E-state index contributed by atoms with van der Waals surface area (Å²) in [5.41, 5.74) is 1.89. The van der Waals surface area contributed by atoms with Gasteiger partial charge in [0.15, 0.2) is 5.11 Å². The highest BCUT2D eigenvalue weighted by molar-refractivity contribution is 7.93. The summed E-state index contributed by atoms with van der Waals surface area (Å²) in [6.07, 6.45) is 2.52. The lowest BCUT2D eigenvalue weighted by atomic mass is 10.2. The summed E-state index contributed by atoms with van der Waals surface area (Å²) in [5.74, 6) is 1.01. The second-order valence-electron chi connectivity index (χ2n) is 7.53. The van der Waals surface area contributed by atoms with Gasteiger partial charge in [-0.05, 0) is 61.5 Å². The first-order valence-corrected chi connectivity index (χ1v) is 13.2. The number of aromatic nitrogens is 3. The summed E-state index contributed by atoms with van der Waals surface area (Å²) >= 11 is 6.81. The molecule has 1 aliphatic rings. The molecule has 1 fully saturated rings. The molecule has 1 aromatic carbocycles. The minimum Gasteiger partial charge on any atom is -0.353 e. The molecule has 33 heavy (non-hydrogen) atoms. The molecule has 3 heterocycles. The number of piperazine rings is 1. The number of hydrogen-bond acceptors (Lipinski definition) is 8. The largest absolute Gasteiger partial charge is 0.353 e. The van der Waals surface area contributed by atoms with Gasteiger partial charge in [-0.1, -0.05) is 24.3 Å². The van der Waals surface area contributed by atoms with E-state index in [-0.39, 0.29) is 10.0 Å². The molecule has 0 bridgehead atoms. The van der Waals surface area contributed by atoms with E-state index in [0.29, 0.717) is 11.5 Å². The molecule has 0 atom stereocenters. The molecule has 3 aromatic rings. The quantitative estimate of drug-likeness (QED) is 0.491. The molecule has 174 valence electrons. The molecular weight excluding hydrogens is 478 g/mol. The first-order chi connectivity index (χ1) is 15.9. The van der Waals surface area contributed by atoms with Crippen molar-refractivity contribution in [1.82, 2.24) is 20.1 Å². The van der Waals surface area contributed by atoms with Gasteiger partial charge in [0.25, 0.3) is 10.0 Å². The fraction of sp³-hybridized carbons (Fsp3) is 0.333. The third-order valence-electron chi connectivity index (χ3n) is 5.26. The van der Waals surface area contributed by atoms with Crippen molar-refractivity contribution in [1.29, 1.82) is 0 Å². The highest BCUT2D eigenvalue weighted by atomic mass is 32.2. The lowest BCUT2D eigenvalue weighted by molar-refractivity contribution is 0.389. The second kappa shape index (κ2) is 9.98. The molecule has 0 amide bonds. The van der Waals surface area contributed by atoms with Gasteiger partial charge in [-0.2, -0.15) is 0 Å². The van der Waals surface area contributed by atoms with Crippen LogP contribution in [0.15, 0.2) is 47.5 Å². The van der Waals surface area contributed by atoms with Gasteiger partial charge in [0.05, 0.1) is 4.90 Å². The summed E-state index contributed by atoms with van der Waals surface area (Å²) in [4.78, 5) is 9.02. The van der Waals surface area contributed by atoms with Crippen molar-refractivity contribution in [2.24, 2.45) is 0 Å². The Morgan fingerprint density at radius 3 is 2.48 bits per heavy atom. The molecule has 1 aliphatic heterocycles. The van der Waals surface area contributed by atoms with Gasteiger partial charge in [0.2, 0.25) is 5.13 Å². The number of nitrogens with one attached hydrogen (secondary N) is 2. The minimum atomic E-state index is -3.73. The highest BCUT2D eigenvalue weighted by Crippen LogP contribution is 2.22. The third kappa shape index (κ3) is 5.57. The van der Waals surface area contributed by atoms with Crippen LogP contribution in [-0.2, 0) is 16.4 Å². The van der Waals surface area contributed by atoms with Gasteiger partial charge < -0.3 is 15.1 Å². The van der Waals surface area contributed by atoms with Crippen molar-refractivity contribution < 1.29 is 8.42 Å². The average molecular weight is 504 g/mol. The number of hydrogen-bond donors (Lipinski definition) is 2. The van der Waals surface area contributed by atoms with Crippen LogP contribution < -0.4 is 14.9 Å². The van der Waals surface area contributed by atoms with Gasteiger partial charge in [-0.3, -0.25) is 4.72 Å². The lowest BCUT2D eigenvalue weighted by Gasteiger charge is -2.37. The molecule has 1 saturated heterocycles. The van der Waals surface area contributed by atoms with Crippen LogP contribution in [0.2, 0.25) is 0 Å². The van der Waals surface area contributed by atoms with Crippen molar-refractivity contribution in [3.8, 4) is 0 Å². The topological polar surface area (TPSA) is 103 Å². The Hall–Kier alpha value is -2.83. The number of rotatable bonds is 6. The van der Waals surface area contributed by atoms with Crippen molar-refractivity contribution >= 4 is 55.3 Å². The first kappa shape index (κ1) is 23.3. The zero-order chi connectivity index (χ0) is 23.4. The van der Waals surface area contributed by atoms with Crippen molar-refractivity contribution in [3.63, 3.8) is 0 Å². The van der Waals surface area contributed by atoms with Crippen molar-refractivity contribution in [2.75, 3.05) is 41.1 Å². The number of nitrogens with zero attached hydrogens (tertiary/aromatic N) is 5. The monoisotopic (exact) mass is 503 g/mol. The Kier molecular flexibility index (Phi) is 7.05. The summed E-state index contributed by atoms with van der Waals surface area (Å²) in [7, 11) is -3.73. The molecule has 0 radical (unpaired) electrons. The number of sulfonamides is 1. The zero-order valence-electron chi connectivity index (χ0n) is 18.4. The van der Waals surface area contributed by atoms with Crippen LogP contribution in [0.3, 0.4) is 0 Å². The molecule has 0 saturated carbocycles. The summed E-state index contributed by atoms with van der Waals surface area (Å²) in [5, 5.41) is 12.7. The second-order valence-corrected chi connectivity index (χ2v) is 10.7. The summed E-state index contributed by atoms with van der Waals surface area (Å²) < 4.78 is 27.7. The van der Waals surface area contributed by atoms with Gasteiger partial charge in [-0.25, -0.2) is 13.4 Å². The lowest BCUT2D eigenvalue weighted by Crippen LogP contribution is -2.50. The fourth-order valence-corrected chi connectivity index (χ4v) is 5.67. The van der Waals surface area contributed by atoms with Gasteiger partial charge in [-0.15, -0.1) is 10.2 Å². The Bertz CT molecular complexity index is 1220. The van der Waals surface area contributed by atoms with E-state index in [1.807, 2.05) is 19.2 Å². The van der Waals surface area contributed by atoms with Crippen LogP contribution in [-0.4, -0.2) is 59.8 Å². The first-order valence-electron chi connectivity index (χ1n) is 10.5.